The Kier molecular flexibility index (Phi) is 7.42. The smallest absolute Gasteiger partial charge is 0.422 e. The van der Waals surface area contributed by atoms with Crippen LogP contribution in [0.3, 0.4) is 0 Å². The van der Waals surface area contributed by atoms with E-state index < -0.39 is 12.8 Å². The fourth-order valence-electron chi connectivity index (χ4n) is 4.37. The monoisotopic (exact) mass is 538 g/mol. The summed E-state index contributed by atoms with van der Waals surface area (Å²) in [6, 6.07) is 16.2. The maximum Gasteiger partial charge on any atom is 0.422 e. The van der Waals surface area contributed by atoms with E-state index in [-0.39, 0.29) is 11.6 Å². The SMILES string of the molecule is C=C(c1cccc(Cn2nc(-c3nc(-c4ccc(OCC(F)(F)F)cc4)no3)cc2C)c1)N1CCN(C)CC1. The second kappa shape index (κ2) is 10.9. The Hall–Kier alpha value is -4.12. The Morgan fingerprint density at radius 1 is 1.05 bits per heavy atom. The molecule has 0 N–H and O–H groups in total. The Labute approximate surface area is 224 Å². The first-order valence-electron chi connectivity index (χ1n) is 12.5. The summed E-state index contributed by atoms with van der Waals surface area (Å²) in [5.41, 5.74) is 5.27. The van der Waals surface area contributed by atoms with Gasteiger partial charge in [0.15, 0.2) is 12.3 Å². The normalized spacial score (nSPS) is 14.5. The predicted molar refractivity (Wildman–Crippen MR) is 141 cm³/mol. The van der Waals surface area contributed by atoms with Crippen LogP contribution in [0.5, 0.6) is 5.75 Å². The summed E-state index contributed by atoms with van der Waals surface area (Å²) >= 11 is 0. The molecule has 0 radical (unpaired) electrons. The van der Waals surface area contributed by atoms with Crippen LogP contribution in [0, 0.1) is 6.92 Å². The lowest BCUT2D eigenvalue weighted by atomic mass is 10.1. The molecule has 2 aromatic carbocycles. The van der Waals surface area contributed by atoms with Gasteiger partial charge in [-0.15, -0.1) is 0 Å². The van der Waals surface area contributed by atoms with E-state index in [1.807, 2.05) is 23.7 Å². The molecule has 39 heavy (non-hydrogen) atoms. The molecule has 0 unspecified atom stereocenters. The van der Waals surface area contributed by atoms with Crippen molar-refractivity contribution in [2.24, 2.45) is 0 Å². The van der Waals surface area contributed by atoms with Crippen molar-refractivity contribution in [2.75, 3.05) is 39.8 Å². The highest BCUT2D eigenvalue weighted by Gasteiger charge is 2.28. The van der Waals surface area contributed by atoms with Crippen molar-refractivity contribution in [1.29, 1.82) is 0 Å². The van der Waals surface area contributed by atoms with E-state index >= 15 is 0 Å². The third-order valence-corrected chi connectivity index (χ3v) is 6.62. The van der Waals surface area contributed by atoms with Gasteiger partial charge in [-0.25, -0.2) is 0 Å². The molecule has 1 aliphatic rings. The molecule has 1 fully saturated rings. The molecular formula is C28H29F3N6O2. The summed E-state index contributed by atoms with van der Waals surface area (Å²) in [4.78, 5) is 9.07. The molecule has 3 heterocycles. The molecule has 1 saturated heterocycles. The number of likely N-dealkylation sites (N-methyl/N-ethyl adjacent to an activating group) is 1. The number of aryl methyl sites for hydroxylation is 1. The molecule has 0 amide bonds. The second-order valence-corrected chi connectivity index (χ2v) is 9.62. The van der Waals surface area contributed by atoms with E-state index in [1.165, 1.54) is 12.1 Å². The van der Waals surface area contributed by atoms with Crippen LogP contribution in [-0.2, 0) is 6.54 Å². The minimum absolute atomic E-state index is 0.102. The number of hydrogen-bond donors (Lipinski definition) is 0. The van der Waals surface area contributed by atoms with Gasteiger partial charge in [0, 0.05) is 43.1 Å². The van der Waals surface area contributed by atoms with Gasteiger partial charge in [0.25, 0.3) is 5.89 Å². The zero-order valence-corrected chi connectivity index (χ0v) is 21.8. The van der Waals surface area contributed by atoms with Crippen LogP contribution in [0.4, 0.5) is 13.2 Å². The maximum atomic E-state index is 12.4. The highest BCUT2D eigenvalue weighted by Crippen LogP contribution is 2.26. The van der Waals surface area contributed by atoms with E-state index in [1.54, 1.807) is 12.1 Å². The van der Waals surface area contributed by atoms with Crippen molar-refractivity contribution < 1.29 is 22.4 Å². The quantitative estimate of drug-likeness (QED) is 0.309. The maximum absolute atomic E-state index is 12.4. The van der Waals surface area contributed by atoms with Gasteiger partial charge in [0.05, 0.1) is 6.54 Å². The van der Waals surface area contributed by atoms with Crippen LogP contribution < -0.4 is 4.74 Å². The van der Waals surface area contributed by atoms with Crippen LogP contribution in [-0.4, -0.2) is 75.7 Å². The number of aromatic nitrogens is 4. The van der Waals surface area contributed by atoms with Gasteiger partial charge in [-0.3, -0.25) is 4.68 Å². The van der Waals surface area contributed by atoms with Gasteiger partial charge >= 0.3 is 6.18 Å². The average molecular weight is 539 g/mol. The average Bonchev–Trinajstić information content (AvgIpc) is 3.55. The predicted octanol–water partition coefficient (Wildman–Crippen LogP) is 5.12. The fraction of sp³-hybridized carbons (Fsp3) is 0.321. The first kappa shape index (κ1) is 26.5. The van der Waals surface area contributed by atoms with Crippen LogP contribution in [0.1, 0.15) is 16.8 Å². The summed E-state index contributed by atoms with van der Waals surface area (Å²) in [7, 11) is 2.13. The van der Waals surface area contributed by atoms with Crippen molar-refractivity contribution >= 4 is 5.70 Å². The van der Waals surface area contributed by atoms with E-state index in [4.69, 9.17) is 9.26 Å². The van der Waals surface area contributed by atoms with E-state index in [0.717, 1.165) is 48.7 Å². The van der Waals surface area contributed by atoms with Crippen LogP contribution in [0.15, 0.2) is 65.7 Å². The lowest BCUT2D eigenvalue weighted by Gasteiger charge is -2.35. The summed E-state index contributed by atoms with van der Waals surface area (Å²) < 4.78 is 49.1. The van der Waals surface area contributed by atoms with E-state index in [2.05, 4.69) is 56.9 Å². The third-order valence-electron chi connectivity index (χ3n) is 6.62. The fourth-order valence-corrected chi connectivity index (χ4v) is 4.37. The van der Waals surface area contributed by atoms with Crippen LogP contribution in [0.25, 0.3) is 28.7 Å². The standard InChI is InChI=1S/C28H29F3N6O2/c1-19-15-25(27-32-26(34-39-27)22-7-9-24(10-8-22)38-18-28(29,30)31)33-37(19)17-21-5-4-6-23(16-21)20(2)36-13-11-35(3)12-14-36/h4-10,15-16H,2,11-14,17-18H2,1,3H3. The molecule has 0 atom stereocenters. The molecule has 0 aliphatic carbocycles. The van der Waals surface area contributed by atoms with Gasteiger partial charge in [0.2, 0.25) is 5.82 Å². The molecule has 4 aromatic rings. The van der Waals surface area contributed by atoms with Crippen LogP contribution >= 0.6 is 0 Å². The Balaban J connectivity index is 1.26. The Morgan fingerprint density at radius 3 is 2.51 bits per heavy atom. The number of hydrogen-bond acceptors (Lipinski definition) is 7. The highest BCUT2D eigenvalue weighted by atomic mass is 19.4. The summed E-state index contributed by atoms with van der Waals surface area (Å²) in [6.45, 7) is 9.48. The Morgan fingerprint density at radius 2 is 1.79 bits per heavy atom. The van der Waals surface area contributed by atoms with Crippen molar-refractivity contribution in [2.45, 2.75) is 19.6 Å². The molecule has 0 bridgehead atoms. The zero-order valence-electron chi connectivity index (χ0n) is 21.8. The largest absolute Gasteiger partial charge is 0.484 e. The summed E-state index contributed by atoms with van der Waals surface area (Å²) in [5.74, 6) is 0.654. The number of nitrogens with zero attached hydrogens (tertiary/aromatic N) is 6. The van der Waals surface area contributed by atoms with Gasteiger partial charge in [-0.1, -0.05) is 29.9 Å². The first-order chi connectivity index (χ1) is 18.6. The number of alkyl halides is 3. The van der Waals surface area contributed by atoms with Gasteiger partial charge < -0.3 is 19.1 Å². The molecule has 0 saturated carbocycles. The van der Waals surface area contributed by atoms with Gasteiger partial charge in [-0.2, -0.15) is 23.3 Å². The number of halogens is 3. The van der Waals surface area contributed by atoms with Crippen molar-refractivity contribution in [3.63, 3.8) is 0 Å². The van der Waals surface area contributed by atoms with Gasteiger partial charge in [-0.05, 0) is 61.5 Å². The Bertz CT molecular complexity index is 1440. The molecule has 1 aliphatic heterocycles. The number of piperazine rings is 1. The van der Waals surface area contributed by atoms with Crippen molar-refractivity contribution in [3.8, 4) is 28.7 Å². The molecule has 0 spiro atoms. The first-order valence-corrected chi connectivity index (χ1v) is 12.5. The molecule has 8 nitrogen and oxygen atoms in total. The minimum atomic E-state index is -4.40. The molecular weight excluding hydrogens is 509 g/mol. The molecule has 2 aromatic heterocycles. The number of rotatable bonds is 8. The third kappa shape index (κ3) is 6.48. The van der Waals surface area contributed by atoms with Crippen molar-refractivity contribution in [1.82, 2.24) is 29.7 Å². The zero-order chi connectivity index (χ0) is 27.6. The van der Waals surface area contributed by atoms with E-state index in [0.29, 0.717) is 23.6 Å². The second-order valence-electron chi connectivity index (χ2n) is 9.62. The number of benzene rings is 2. The van der Waals surface area contributed by atoms with Crippen molar-refractivity contribution in [3.05, 3.63) is 78.0 Å². The summed E-state index contributed by atoms with van der Waals surface area (Å²) in [5, 5.41) is 8.68. The topological polar surface area (TPSA) is 72.4 Å². The van der Waals surface area contributed by atoms with Crippen LogP contribution in [0.2, 0.25) is 0 Å². The minimum Gasteiger partial charge on any atom is -0.484 e. The summed E-state index contributed by atoms with van der Waals surface area (Å²) in [6.07, 6.45) is -4.40. The highest BCUT2D eigenvalue weighted by molar-refractivity contribution is 5.63. The lowest BCUT2D eigenvalue weighted by molar-refractivity contribution is -0.153. The molecule has 204 valence electrons. The number of ether oxygens (including phenoxy) is 1. The molecule has 11 heteroatoms. The van der Waals surface area contributed by atoms with Gasteiger partial charge in [0.1, 0.15) is 5.75 Å². The molecule has 5 rings (SSSR count). The van der Waals surface area contributed by atoms with E-state index in [9.17, 15) is 13.2 Å². The lowest BCUT2D eigenvalue weighted by Crippen LogP contribution is -2.43.